The molecule has 1 nitrogen and oxygen atoms in total. The summed E-state index contributed by atoms with van der Waals surface area (Å²) in [6, 6.07) is 0.822. The average Bonchev–Trinajstić information content (AvgIpc) is 2.41. The second-order valence-corrected chi connectivity index (χ2v) is 13.1. The van der Waals surface area contributed by atoms with Crippen molar-refractivity contribution < 1.29 is 0 Å². The van der Waals surface area contributed by atoms with Crippen LogP contribution in [0.4, 0.5) is 0 Å². The zero-order valence-corrected chi connectivity index (χ0v) is 8.75. The quantitative estimate of drug-likeness (QED) is 0.593. The Morgan fingerprint density at radius 2 is 2.38 bits per heavy atom. The van der Waals surface area contributed by atoms with Gasteiger partial charge in [-0.25, -0.2) is 0 Å². The van der Waals surface area contributed by atoms with Crippen LogP contribution in [0, 0.1) is 0 Å². The van der Waals surface area contributed by atoms with Gasteiger partial charge in [0.05, 0.1) is 5.51 Å². The largest absolute Gasteiger partial charge is 0.256 e. The second-order valence-electron chi connectivity index (χ2n) is 1.76. The summed E-state index contributed by atoms with van der Waals surface area (Å²) in [5.41, 5.74) is -0.0583. The van der Waals surface area contributed by atoms with E-state index in [9.17, 15) is 0 Å². The summed E-state index contributed by atoms with van der Waals surface area (Å²) in [5, 5.41) is 0. The maximum Gasteiger partial charge on any atom is 0.0580 e. The SMILES string of the molecule is PP(Br)SNC1CC1. The maximum atomic E-state index is 3.46. The molecule has 0 aromatic rings. The number of hydrogen-bond acceptors (Lipinski definition) is 2. The van der Waals surface area contributed by atoms with Crippen LogP contribution in [0.3, 0.4) is 0 Å². The van der Waals surface area contributed by atoms with Crippen LogP contribution in [0.15, 0.2) is 0 Å². The van der Waals surface area contributed by atoms with Gasteiger partial charge in [0.15, 0.2) is 0 Å². The Kier molecular flexibility index (Phi) is 3.61. The van der Waals surface area contributed by atoms with E-state index in [1.165, 1.54) is 12.8 Å². The summed E-state index contributed by atoms with van der Waals surface area (Å²) in [5.74, 6) is 0. The minimum absolute atomic E-state index is 0.0583. The Morgan fingerprint density at radius 1 is 1.75 bits per heavy atom. The highest BCUT2D eigenvalue weighted by Crippen LogP contribution is 2.62. The number of hydrogen-bond donors (Lipinski definition) is 1. The van der Waals surface area contributed by atoms with Gasteiger partial charge in [0, 0.05) is 6.04 Å². The van der Waals surface area contributed by atoms with E-state index in [0.717, 1.165) is 6.04 Å². The first-order valence-corrected chi connectivity index (χ1v) is 8.82. The van der Waals surface area contributed by atoms with Gasteiger partial charge in [-0.2, -0.15) is 0 Å². The lowest BCUT2D eigenvalue weighted by Gasteiger charge is -2.00. The molecule has 0 aliphatic heterocycles. The summed E-state index contributed by atoms with van der Waals surface area (Å²) < 4.78 is 3.33. The maximum absolute atomic E-state index is 3.46. The van der Waals surface area contributed by atoms with Crippen molar-refractivity contribution in [3.8, 4) is 0 Å². The normalized spacial score (nSPS) is 23.2. The highest BCUT2D eigenvalue weighted by Gasteiger charge is 2.20. The fourth-order valence-corrected chi connectivity index (χ4v) is 2.86. The molecule has 5 heteroatoms. The van der Waals surface area contributed by atoms with Gasteiger partial charge in [-0.05, 0) is 39.9 Å². The molecule has 1 saturated carbocycles. The van der Waals surface area contributed by atoms with E-state index < -0.39 is 0 Å². The van der Waals surface area contributed by atoms with Gasteiger partial charge in [-0.15, -0.1) is 0 Å². The lowest BCUT2D eigenvalue weighted by molar-refractivity contribution is 0.978. The molecule has 0 heterocycles. The van der Waals surface area contributed by atoms with Crippen LogP contribution in [0.1, 0.15) is 12.8 Å². The zero-order chi connectivity index (χ0) is 5.98. The fraction of sp³-hybridized carbons (Fsp3) is 1.00. The molecule has 0 aromatic heterocycles. The summed E-state index contributed by atoms with van der Waals surface area (Å²) in [6.07, 6.45) is 2.74. The standard InChI is InChI=1S/C3H8BrNP2S/c4-7(6)8-5-3-1-2-3/h3,5H,1-2,6H2. The van der Waals surface area contributed by atoms with Gasteiger partial charge in [0.25, 0.3) is 0 Å². The number of nitrogens with one attached hydrogen (secondary N) is 1. The van der Waals surface area contributed by atoms with Crippen molar-refractivity contribution >= 4 is 41.5 Å². The van der Waals surface area contributed by atoms with Gasteiger partial charge in [0.1, 0.15) is 0 Å². The van der Waals surface area contributed by atoms with Crippen molar-refractivity contribution in [3.63, 3.8) is 0 Å². The Bertz CT molecular complexity index is 75.7. The zero-order valence-electron chi connectivity index (χ0n) is 4.30. The molecule has 0 aromatic carbocycles. The first-order chi connectivity index (χ1) is 3.79. The Labute approximate surface area is 65.2 Å². The molecular weight excluding hydrogens is 224 g/mol. The first kappa shape index (κ1) is 7.75. The monoisotopic (exact) mass is 231 g/mol. The van der Waals surface area contributed by atoms with Crippen molar-refractivity contribution in [3.05, 3.63) is 0 Å². The average molecular weight is 232 g/mol. The van der Waals surface area contributed by atoms with Crippen molar-refractivity contribution in [1.82, 2.24) is 4.72 Å². The molecule has 0 saturated heterocycles. The van der Waals surface area contributed by atoms with Crippen LogP contribution < -0.4 is 4.72 Å². The molecular formula is C3H8BrNP2S. The molecule has 0 bridgehead atoms. The smallest absolute Gasteiger partial charge is 0.0580 e. The predicted molar refractivity (Wildman–Crippen MR) is 49.3 cm³/mol. The van der Waals surface area contributed by atoms with Gasteiger partial charge in [-0.3, -0.25) is 4.72 Å². The fourth-order valence-electron chi connectivity index (χ4n) is 0.326. The Hall–Kier alpha value is 1.65. The topological polar surface area (TPSA) is 12.0 Å². The van der Waals surface area contributed by atoms with Crippen molar-refractivity contribution in [2.24, 2.45) is 0 Å². The minimum Gasteiger partial charge on any atom is -0.256 e. The molecule has 48 valence electrons. The third-order valence-corrected chi connectivity index (χ3v) is 4.59. The van der Waals surface area contributed by atoms with E-state index in [1.54, 1.807) is 11.6 Å². The molecule has 0 amide bonds. The third-order valence-electron chi connectivity index (χ3n) is 0.884. The molecule has 2 atom stereocenters. The van der Waals surface area contributed by atoms with Crippen LogP contribution in [0.2, 0.25) is 0 Å². The molecule has 0 radical (unpaired) electrons. The third kappa shape index (κ3) is 3.63. The van der Waals surface area contributed by atoms with Gasteiger partial charge in [0.2, 0.25) is 0 Å². The van der Waals surface area contributed by atoms with Gasteiger partial charge < -0.3 is 0 Å². The molecule has 1 aliphatic rings. The lowest BCUT2D eigenvalue weighted by atomic mass is 10.8. The van der Waals surface area contributed by atoms with Crippen LogP contribution >= 0.6 is 41.5 Å². The second kappa shape index (κ2) is 3.73. The van der Waals surface area contributed by atoms with Crippen molar-refractivity contribution in [1.29, 1.82) is 0 Å². The molecule has 2 unspecified atom stereocenters. The van der Waals surface area contributed by atoms with E-state index in [1.807, 2.05) is 0 Å². The van der Waals surface area contributed by atoms with Crippen LogP contribution in [0.5, 0.6) is 0 Å². The Balaban J connectivity index is 1.87. The summed E-state index contributed by atoms with van der Waals surface area (Å²) in [7, 11) is 2.73. The van der Waals surface area contributed by atoms with Crippen LogP contribution in [0.25, 0.3) is 0 Å². The summed E-state index contributed by atoms with van der Waals surface area (Å²) in [6.45, 7) is 0. The summed E-state index contributed by atoms with van der Waals surface area (Å²) in [4.78, 5) is 0. The van der Waals surface area contributed by atoms with Crippen LogP contribution in [-0.2, 0) is 0 Å². The first-order valence-electron chi connectivity index (χ1n) is 2.42. The molecule has 1 N–H and O–H groups in total. The minimum atomic E-state index is -0.0583. The number of halogens is 1. The van der Waals surface area contributed by atoms with Gasteiger partial charge in [-0.1, -0.05) is 8.93 Å². The highest BCUT2D eigenvalue weighted by atomic mass is 79.9. The van der Waals surface area contributed by atoms with E-state index >= 15 is 0 Å². The predicted octanol–water partition coefficient (Wildman–Crippen LogP) is 2.88. The molecule has 1 fully saturated rings. The lowest BCUT2D eigenvalue weighted by Crippen LogP contribution is -2.01. The van der Waals surface area contributed by atoms with E-state index in [4.69, 9.17) is 0 Å². The summed E-state index contributed by atoms with van der Waals surface area (Å²) >= 11 is 5.26. The molecule has 1 aliphatic carbocycles. The molecule has 1 rings (SSSR count). The van der Waals surface area contributed by atoms with Crippen LogP contribution in [-0.4, -0.2) is 6.04 Å². The highest BCUT2D eigenvalue weighted by molar-refractivity contribution is 9.53. The molecule has 0 spiro atoms. The van der Waals surface area contributed by atoms with Crippen molar-refractivity contribution in [2.45, 2.75) is 18.9 Å². The molecule has 8 heavy (non-hydrogen) atoms. The number of rotatable bonds is 3. The van der Waals surface area contributed by atoms with E-state index in [0.29, 0.717) is 0 Å². The van der Waals surface area contributed by atoms with E-state index in [2.05, 4.69) is 29.1 Å². The Morgan fingerprint density at radius 3 is 2.75 bits per heavy atom. The van der Waals surface area contributed by atoms with Crippen molar-refractivity contribution in [2.75, 3.05) is 0 Å². The van der Waals surface area contributed by atoms with E-state index in [-0.39, 0.29) is 5.51 Å². The van der Waals surface area contributed by atoms with Gasteiger partial charge >= 0.3 is 0 Å².